The lowest BCUT2D eigenvalue weighted by Gasteiger charge is -2.25. The lowest BCUT2D eigenvalue weighted by molar-refractivity contribution is 0.0911. The number of hydrogen-bond acceptors (Lipinski definition) is 3. The maximum atomic E-state index is 12.4. The first kappa shape index (κ1) is 14.0. The van der Waals surface area contributed by atoms with E-state index < -0.39 is 0 Å². The molecule has 4 nitrogen and oxygen atoms in total. The summed E-state index contributed by atoms with van der Waals surface area (Å²) in [5.41, 5.74) is 1.38. The van der Waals surface area contributed by atoms with Crippen LogP contribution in [0.3, 0.4) is 0 Å². The van der Waals surface area contributed by atoms with Crippen LogP contribution in [0.25, 0.3) is 10.9 Å². The lowest BCUT2D eigenvalue weighted by Crippen LogP contribution is -2.32. The van der Waals surface area contributed by atoms with Gasteiger partial charge in [-0.25, -0.2) is 0 Å². The van der Waals surface area contributed by atoms with Gasteiger partial charge in [-0.15, -0.1) is 0 Å². The normalized spacial score (nSPS) is 22.1. The summed E-state index contributed by atoms with van der Waals surface area (Å²) in [6.07, 6.45) is 5.21. The number of benzene rings is 1. The molecule has 2 aromatic rings. The molecule has 1 amide bonds. The topological polar surface area (TPSA) is 62.2 Å². The summed E-state index contributed by atoms with van der Waals surface area (Å²) in [6, 6.07) is 9.49. The highest BCUT2D eigenvalue weighted by Crippen LogP contribution is 2.23. The van der Waals surface area contributed by atoms with Crippen LogP contribution in [-0.2, 0) is 0 Å². The van der Waals surface area contributed by atoms with Crippen LogP contribution in [0.15, 0.2) is 36.5 Å². The van der Waals surface area contributed by atoms with Gasteiger partial charge in [0, 0.05) is 18.1 Å². The first-order valence-electron chi connectivity index (χ1n) is 7.54. The van der Waals surface area contributed by atoms with E-state index in [0.29, 0.717) is 18.0 Å². The van der Waals surface area contributed by atoms with E-state index in [1.807, 2.05) is 30.3 Å². The van der Waals surface area contributed by atoms with Crippen molar-refractivity contribution in [2.24, 2.45) is 5.92 Å². The molecule has 1 heterocycles. The fraction of sp³-hybridized carbons (Fsp3) is 0.412. The van der Waals surface area contributed by atoms with E-state index >= 15 is 0 Å². The van der Waals surface area contributed by atoms with Crippen molar-refractivity contribution in [1.29, 1.82) is 0 Å². The number of aliphatic hydroxyl groups excluding tert-OH is 1. The Hall–Kier alpha value is -1.94. The number of aromatic nitrogens is 1. The summed E-state index contributed by atoms with van der Waals surface area (Å²) in [7, 11) is 0. The standard InChI is InChI=1S/C17H20N2O2/c20-14-8-6-12(7-9-14)11-19-17(21)15-5-1-3-13-4-2-10-18-16(13)15/h1-5,10,12,14,20H,6-9,11H2,(H,19,21). The third-order valence-electron chi connectivity index (χ3n) is 4.24. The van der Waals surface area contributed by atoms with Crippen LogP contribution in [0, 0.1) is 5.92 Å². The highest BCUT2D eigenvalue weighted by Gasteiger charge is 2.20. The van der Waals surface area contributed by atoms with Crippen LogP contribution in [0.2, 0.25) is 0 Å². The van der Waals surface area contributed by atoms with E-state index in [2.05, 4.69) is 10.3 Å². The molecule has 3 rings (SSSR count). The van der Waals surface area contributed by atoms with Gasteiger partial charge in [-0.05, 0) is 43.7 Å². The molecule has 1 aliphatic rings. The van der Waals surface area contributed by atoms with Crippen LogP contribution < -0.4 is 5.32 Å². The van der Waals surface area contributed by atoms with Crippen molar-refractivity contribution >= 4 is 16.8 Å². The van der Waals surface area contributed by atoms with Crippen LogP contribution in [-0.4, -0.2) is 28.6 Å². The fourth-order valence-electron chi connectivity index (χ4n) is 2.97. The quantitative estimate of drug-likeness (QED) is 0.910. The Balaban J connectivity index is 1.67. The molecule has 0 spiro atoms. The van der Waals surface area contributed by atoms with Crippen molar-refractivity contribution < 1.29 is 9.90 Å². The third kappa shape index (κ3) is 3.22. The largest absolute Gasteiger partial charge is 0.393 e. The molecular formula is C17H20N2O2. The van der Waals surface area contributed by atoms with Gasteiger partial charge in [0.15, 0.2) is 0 Å². The number of hydrogen-bond donors (Lipinski definition) is 2. The number of nitrogens with one attached hydrogen (secondary N) is 1. The van der Waals surface area contributed by atoms with Crippen LogP contribution >= 0.6 is 0 Å². The Kier molecular flexibility index (Phi) is 4.15. The summed E-state index contributed by atoms with van der Waals surface area (Å²) in [5, 5.41) is 13.5. The number of rotatable bonds is 3. The van der Waals surface area contributed by atoms with E-state index in [1.165, 1.54) is 0 Å². The molecule has 1 aromatic carbocycles. The van der Waals surface area contributed by atoms with Gasteiger partial charge in [0.2, 0.25) is 0 Å². The Bertz CT molecular complexity index is 628. The number of amides is 1. The first-order chi connectivity index (χ1) is 10.2. The molecule has 1 aromatic heterocycles. The van der Waals surface area contributed by atoms with Crippen molar-refractivity contribution in [1.82, 2.24) is 10.3 Å². The molecule has 4 heteroatoms. The van der Waals surface area contributed by atoms with Crippen LogP contribution in [0.4, 0.5) is 0 Å². The Morgan fingerprint density at radius 2 is 1.95 bits per heavy atom. The maximum absolute atomic E-state index is 12.4. The molecular weight excluding hydrogens is 264 g/mol. The van der Waals surface area contributed by atoms with Crippen LogP contribution in [0.5, 0.6) is 0 Å². The Morgan fingerprint density at radius 1 is 1.19 bits per heavy atom. The summed E-state index contributed by atoms with van der Waals surface area (Å²) >= 11 is 0. The molecule has 1 fully saturated rings. The predicted octanol–water partition coefficient (Wildman–Crippen LogP) is 2.52. The van der Waals surface area contributed by atoms with Gasteiger partial charge in [-0.2, -0.15) is 0 Å². The molecule has 0 atom stereocenters. The second-order valence-electron chi connectivity index (χ2n) is 5.77. The highest BCUT2D eigenvalue weighted by molar-refractivity contribution is 6.05. The number of carbonyl (C=O) groups excluding carboxylic acids is 1. The molecule has 0 radical (unpaired) electrons. The van der Waals surface area contributed by atoms with E-state index in [0.717, 1.165) is 36.6 Å². The minimum atomic E-state index is -0.154. The molecule has 0 aliphatic heterocycles. The number of aliphatic hydroxyl groups is 1. The second-order valence-corrected chi connectivity index (χ2v) is 5.77. The molecule has 1 aliphatic carbocycles. The van der Waals surface area contributed by atoms with Crippen molar-refractivity contribution in [2.75, 3.05) is 6.54 Å². The average molecular weight is 284 g/mol. The molecule has 21 heavy (non-hydrogen) atoms. The SMILES string of the molecule is O=C(NCC1CCC(O)CC1)c1cccc2cccnc12. The van der Waals surface area contributed by atoms with Gasteiger partial charge >= 0.3 is 0 Å². The minimum absolute atomic E-state index is 0.0644. The maximum Gasteiger partial charge on any atom is 0.253 e. The zero-order valence-electron chi connectivity index (χ0n) is 12.0. The summed E-state index contributed by atoms with van der Waals surface area (Å²) in [6.45, 7) is 0.675. The number of para-hydroxylation sites is 1. The third-order valence-corrected chi connectivity index (χ3v) is 4.24. The average Bonchev–Trinajstić information content (AvgIpc) is 2.53. The van der Waals surface area contributed by atoms with E-state index in [4.69, 9.17) is 0 Å². The number of fused-ring (bicyclic) bond motifs is 1. The van der Waals surface area contributed by atoms with Gasteiger partial charge < -0.3 is 10.4 Å². The zero-order chi connectivity index (χ0) is 14.7. The van der Waals surface area contributed by atoms with Gasteiger partial charge in [-0.1, -0.05) is 18.2 Å². The van der Waals surface area contributed by atoms with E-state index in [-0.39, 0.29) is 12.0 Å². The van der Waals surface area contributed by atoms with Gasteiger partial charge in [0.1, 0.15) is 0 Å². The second kappa shape index (κ2) is 6.22. The van der Waals surface area contributed by atoms with Crippen molar-refractivity contribution in [3.63, 3.8) is 0 Å². The van der Waals surface area contributed by atoms with Gasteiger partial charge in [0.25, 0.3) is 5.91 Å². The number of pyridine rings is 1. The van der Waals surface area contributed by atoms with Gasteiger partial charge in [0.05, 0.1) is 17.2 Å². The molecule has 0 bridgehead atoms. The number of nitrogens with zero attached hydrogens (tertiary/aromatic N) is 1. The predicted molar refractivity (Wildman–Crippen MR) is 82.0 cm³/mol. The molecule has 1 saturated carbocycles. The first-order valence-corrected chi connectivity index (χ1v) is 7.54. The fourth-order valence-corrected chi connectivity index (χ4v) is 2.97. The minimum Gasteiger partial charge on any atom is -0.393 e. The molecule has 0 unspecified atom stereocenters. The van der Waals surface area contributed by atoms with Crippen molar-refractivity contribution in [2.45, 2.75) is 31.8 Å². The van der Waals surface area contributed by atoms with E-state index in [9.17, 15) is 9.90 Å². The Morgan fingerprint density at radius 3 is 2.76 bits per heavy atom. The summed E-state index contributed by atoms with van der Waals surface area (Å²) < 4.78 is 0. The lowest BCUT2D eigenvalue weighted by atomic mass is 9.87. The van der Waals surface area contributed by atoms with Crippen LogP contribution in [0.1, 0.15) is 36.0 Å². The summed E-state index contributed by atoms with van der Waals surface area (Å²) in [4.78, 5) is 16.7. The van der Waals surface area contributed by atoms with Crippen molar-refractivity contribution in [3.05, 3.63) is 42.1 Å². The molecule has 110 valence electrons. The monoisotopic (exact) mass is 284 g/mol. The zero-order valence-corrected chi connectivity index (χ0v) is 12.0. The van der Waals surface area contributed by atoms with Crippen molar-refractivity contribution in [3.8, 4) is 0 Å². The summed E-state index contributed by atoms with van der Waals surface area (Å²) in [5.74, 6) is 0.408. The van der Waals surface area contributed by atoms with Gasteiger partial charge in [-0.3, -0.25) is 9.78 Å². The highest BCUT2D eigenvalue weighted by atomic mass is 16.3. The Labute approximate surface area is 124 Å². The smallest absolute Gasteiger partial charge is 0.253 e. The number of carbonyl (C=O) groups is 1. The molecule has 0 saturated heterocycles. The molecule has 2 N–H and O–H groups in total. The van der Waals surface area contributed by atoms with E-state index in [1.54, 1.807) is 6.20 Å².